The van der Waals surface area contributed by atoms with E-state index >= 15 is 0 Å². The molecule has 0 unspecified atom stereocenters. The SMILES string of the molecule is C#CCC(C/C=C/CC(=O)OC(C)(C)C)(C(=O)OC)C(=O)OC. The van der Waals surface area contributed by atoms with Crippen LogP contribution >= 0.6 is 0 Å². The third kappa shape index (κ3) is 6.55. The first-order valence-electron chi connectivity index (χ1n) is 7.10. The summed E-state index contributed by atoms with van der Waals surface area (Å²) < 4.78 is 14.5. The summed E-state index contributed by atoms with van der Waals surface area (Å²) in [6.45, 7) is 5.29. The van der Waals surface area contributed by atoms with E-state index in [-0.39, 0.29) is 19.3 Å². The Hall–Kier alpha value is -2.29. The molecule has 0 aromatic carbocycles. The van der Waals surface area contributed by atoms with E-state index in [1.54, 1.807) is 20.8 Å². The van der Waals surface area contributed by atoms with Gasteiger partial charge in [-0.1, -0.05) is 12.2 Å². The molecule has 0 heterocycles. The van der Waals surface area contributed by atoms with Gasteiger partial charge in [0.2, 0.25) is 0 Å². The molecule has 0 bridgehead atoms. The summed E-state index contributed by atoms with van der Waals surface area (Å²) in [5, 5.41) is 0. The Morgan fingerprint density at radius 2 is 1.57 bits per heavy atom. The maximum atomic E-state index is 12.0. The minimum atomic E-state index is -1.61. The number of carbonyl (C=O) groups is 3. The molecule has 0 rings (SSSR count). The molecule has 0 aliphatic rings. The molecule has 6 nitrogen and oxygen atoms in total. The van der Waals surface area contributed by atoms with E-state index in [1.807, 2.05) is 0 Å². The number of rotatable bonds is 7. The molecular weight excluding hydrogens is 300 g/mol. The Balaban J connectivity index is 5.02. The second-order valence-corrected chi connectivity index (χ2v) is 5.91. The molecule has 128 valence electrons. The Labute approximate surface area is 137 Å². The van der Waals surface area contributed by atoms with Gasteiger partial charge in [-0.25, -0.2) is 0 Å². The molecule has 0 radical (unpaired) electrons. The summed E-state index contributed by atoms with van der Waals surface area (Å²) >= 11 is 0. The van der Waals surface area contributed by atoms with Crippen LogP contribution in [0.15, 0.2) is 12.2 Å². The number of methoxy groups -OCH3 is 2. The summed E-state index contributed by atoms with van der Waals surface area (Å²) in [7, 11) is 2.34. The molecule has 0 N–H and O–H groups in total. The van der Waals surface area contributed by atoms with Gasteiger partial charge in [0.25, 0.3) is 0 Å². The van der Waals surface area contributed by atoms with Crippen molar-refractivity contribution in [2.24, 2.45) is 5.41 Å². The highest BCUT2D eigenvalue weighted by atomic mass is 16.6. The Morgan fingerprint density at radius 3 is 1.96 bits per heavy atom. The van der Waals surface area contributed by atoms with Gasteiger partial charge in [0, 0.05) is 6.42 Å². The monoisotopic (exact) mass is 324 g/mol. The topological polar surface area (TPSA) is 78.9 Å². The molecule has 0 amide bonds. The summed E-state index contributed by atoms with van der Waals surface area (Å²) in [6.07, 6.45) is 8.13. The third-order valence-electron chi connectivity index (χ3n) is 2.89. The molecule has 23 heavy (non-hydrogen) atoms. The summed E-state index contributed by atoms with van der Waals surface area (Å²) in [4.78, 5) is 35.6. The lowest BCUT2D eigenvalue weighted by Gasteiger charge is -2.24. The lowest BCUT2D eigenvalue weighted by atomic mass is 9.81. The lowest BCUT2D eigenvalue weighted by molar-refractivity contribution is -0.168. The van der Waals surface area contributed by atoms with Crippen molar-refractivity contribution in [2.75, 3.05) is 14.2 Å². The van der Waals surface area contributed by atoms with Crippen LogP contribution < -0.4 is 0 Å². The molecule has 0 aromatic heterocycles. The number of carbonyl (C=O) groups excluding carboxylic acids is 3. The van der Waals surface area contributed by atoms with Crippen LogP contribution in [-0.2, 0) is 28.6 Å². The van der Waals surface area contributed by atoms with Crippen LogP contribution in [0.4, 0.5) is 0 Å². The lowest BCUT2D eigenvalue weighted by Crippen LogP contribution is -2.40. The van der Waals surface area contributed by atoms with Crippen LogP contribution in [0.2, 0.25) is 0 Å². The van der Waals surface area contributed by atoms with Crippen molar-refractivity contribution in [1.82, 2.24) is 0 Å². The van der Waals surface area contributed by atoms with Crippen molar-refractivity contribution < 1.29 is 28.6 Å². The van der Waals surface area contributed by atoms with Gasteiger partial charge in [-0.3, -0.25) is 14.4 Å². The number of allylic oxidation sites excluding steroid dienone is 1. The van der Waals surface area contributed by atoms with Crippen LogP contribution in [0.25, 0.3) is 0 Å². The van der Waals surface area contributed by atoms with Crippen LogP contribution in [0.1, 0.15) is 40.0 Å². The molecule has 0 fully saturated rings. The van der Waals surface area contributed by atoms with E-state index in [2.05, 4.69) is 15.4 Å². The molecule has 0 aromatic rings. The van der Waals surface area contributed by atoms with Gasteiger partial charge in [-0.2, -0.15) is 0 Å². The molecule has 0 saturated carbocycles. The van der Waals surface area contributed by atoms with Crippen LogP contribution in [-0.4, -0.2) is 37.7 Å². The Kier molecular flexibility index (Phi) is 8.09. The molecule has 0 saturated heterocycles. The van der Waals surface area contributed by atoms with Gasteiger partial charge in [-0.05, 0) is 27.2 Å². The summed E-state index contributed by atoms with van der Waals surface area (Å²) in [5.74, 6) is 0.335. The van der Waals surface area contributed by atoms with Crippen molar-refractivity contribution in [3.63, 3.8) is 0 Å². The molecule has 0 aliphatic heterocycles. The second kappa shape index (κ2) is 8.99. The standard InChI is InChI=1S/C17H24O6/c1-7-11-17(14(19)21-5,15(20)22-6)12-9-8-10-13(18)23-16(2,3)4/h1,8-9H,10-12H2,2-6H3/b9-8+. The van der Waals surface area contributed by atoms with Crippen LogP contribution in [0.5, 0.6) is 0 Å². The first kappa shape index (κ1) is 20.7. The van der Waals surface area contributed by atoms with Crippen molar-refractivity contribution in [3.8, 4) is 12.3 Å². The van der Waals surface area contributed by atoms with Gasteiger partial charge in [-0.15, -0.1) is 12.3 Å². The smallest absolute Gasteiger partial charge is 0.324 e. The molecule has 0 aliphatic carbocycles. The first-order valence-corrected chi connectivity index (χ1v) is 7.10. The highest BCUT2D eigenvalue weighted by molar-refractivity contribution is 6.00. The van der Waals surface area contributed by atoms with Crippen LogP contribution in [0, 0.1) is 17.8 Å². The molecule has 0 spiro atoms. The number of hydrogen-bond acceptors (Lipinski definition) is 6. The average Bonchev–Trinajstić information content (AvgIpc) is 2.46. The zero-order chi connectivity index (χ0) is 18.1. The highest BCUT2D eigenvalue weighted by Crippen LogP contribution is 2.30. The quantitative estimate of drug-likeness (QED) is 0.234. The van der Waals surface area contributed by atoms with E-state index in [4.69, 9.17) is 11.2 Å². The number of terminal acetylenes is 1. The zero-order valence-corrected chi connectivity index (χ0v) is 14.3. The largest absolute Gasteiger partial charge is 0.468 e. The van der Waals surface area contributed by atoms with Crippen molar-refractivity contribution >= 4 is 17.9 Å². The fourth-order valence-corrected chi connectivity index (χ4v) is 1.88. The van der Waals surface area contributed by atoms with Gasteiger partial charge in [0.05, 0.1) is 20.6 Å². The minimum Gasteiger partial charge on any atom is -0.468 e. The van der Waals surface area contributed by atoms with Gasteiger partial charge in [0.15, 0.2) is 5.41 Å². The molecule has 6 heteroatoms. The molecular formula is C17H24O6. The van der Waals surface area contributed by atoms with E-state index in [0.29, 0.717) is 0 Å². The maximum Gasteiger partial charge on any atom is 0.324 e. The normalized spacial score (nSPS) is 11.7. The van der Waals surface area contributed by atoms with Crippen molar-refractivity contribution in [3.05, 3.63) is 12.2 Å². The van der Waals surface area contributed by atoms with E-state index in [0.717, 1.165) is 0 Å². The Morgan fingerprint density at radius 1 is 1.04 bits per heavy atom. The Bertz CT molecular complexity index is 488. The number of hydrogen-bond donors (Lipinski definition) is 0. The molecule has 0 atom stereocenters. The van der Waals surface area contributed by atoms with Crippen molar-refractivity contribution in [1.29, 1.82) is 0 Å². The van der Waals surface area contributed by atoms with Crippen molar-refractivity contribution in [2.45, 2.75) is 45.6 Å². The zero-order valence-electron chi connectivity index (χ0n) is 14.3. The second-order valence-electron chi connectivity index (χ2n) is 5.91. The fraction of sp³-hybridized carbons (Fsp3) is 0.588. The van der Waals surface area contributed by atoms with Crippen LogP contribution in [0.3, 0.4) is 0 Å². The predicted molar refractivity (Wildman–Crippen MR) is 84.1 cm³/mol. The van der Waals surface area contributed by atoms with E-state index in [9.17, 15) is 14.4 Å². The number of esters is 3. The highest BCUT2D eigenvalue weighted by Gasteiger charge is 2.46. The first-order chi connectivity index (χ1) is 10.6. The average molecular weight is 324 g/mol. The van der Waals surface area contributed by atoms with Gasteiger partial charge >= 0.3 is 17.9 Å². The van der Waals surface area contributed by atoms with E-state index in [1.165, 1.54) is 26.4 Å². The minimum absolute atomic E-state index is 0.0196. The van der Waals surface area contributed by atoms with Gasteiger partial charge in [0.1, 0.15) is 5.60 Å². The number of ether oxygens (including phenoxy) is 3. The summed E-state index contributed by atoms with van der Waals surface area (Å²) in [6, 6.07) is 0. The maximum absolute atomic E-state index is 12.0. The third-order valence-corrected chi connectivity index (χ3v) is 2.89. The summed E-state index contributed by atoms with van der Waals surface area (Å²) in [5.41, 5.74) is -2.18. The van der Waals surface area contributed by atoms with Gasteiger partial charge < -0.3 is 14.2 Å². The predicted octanol–water partition coefficient (Wildman–Crippen LogP) is 2.02. The fourth-order valence-electron chi connectivity index (χ4n) is 1.88. The van der Waals surface area contributed by atoms with E-state index < -0.39 is 28.9 Å².